The van der Waals surface area contributed by atoms with Gasteiger partial charge in [-0.05, 0) is 50.2 Å². The number of imidazole rings is 1. The molecule has 4 rings (SSSR count). The van der Waals surface area contributed by atoms with Gasteiger partial charge in [0.25, 0.3) is 5.91 Å². The number of aryl methyl sites for hydroxylation is 1. The van der Waals surface area contributed by atoms with E-state index in [2.05, 4.69) is 17.6 Å². The standard InChI is InChI=1S/C25H36N4O3/c1-2-20-24(26-18-12-7-4-8-13-18)29-15-9-14-19(23(29)27-20)25(32)28-21(16-22(30)31)17-10-5-3-6-11-17/h9,14-15,17-18,21,26H,2-8,10-13,16H2,1H3,(H,28,32)(H,30,31). The van der Waals surface area contributed by atoms with Crippen molar-refractivity contribution >= 4 is 23.3 Å². The smallest absolute Gasteiger partial charge is 0.305 e. The number of hydrogen-bond acceptors (Lipinski definition) is 4. The van der Waals surface area contributed by atoms with E-state index in [1.54, 1.807) is 6.07 Å². The van der Waals surface area contributed by atoms with Crippen molar-refractivity contribution in [2.75, 3.05) is 5.32 Å². The first-order valence-corrected chi connectivity index (χ1v) is 12.4. The maximum Gasteiger partial charge on any atom is 0.305 e. The Labute approximate surface area is 190 Å². The summed E-state index contributed by atoms with van der Waals surface area (Å²) in [5.41, 5.74) is 2.10. The number of aromatic nitrogens is 2. The van der Waals surface area contributed by atoms with Crippen molar-refractivity contribution in [3.63, 3.8) is 0 Å². The normalized spacial score (nSPS) is 19.0. The van der Waals surface area contributed by atoms with Gasteiger partial charge in [-0.15, -0.1) is 0 Å². The van der Waals surface area contributed by atoms with Gasteiger partial charge in [0, 0.05) is 18.3 Å². The molecule has 2 aliphatic carbocycles. The van der Waals surface area contributed by atoms with Gasteiger partial charge in [0.1, 0.15) is 5.82 Å². The van der Waals surface area contributed by atoms with Crippen LogP contribution in [0.2, 0.25) is 0 Å². The van der Waals surface area contributed by atoms with Gasteiger partial charge in [-0.25, -0.2) is 4.98 Å². The molecule has 1 unspecified atom stereocenters. The minimum Gasteiger partial charge on any atom is -0.481 e. The van der Waals surface area contributed by atoms with Gasteiger partial charge in [0.2, 0.25) is 0 Å². The lowest BCUT2D eigenvalue weighted by Gasteiger charge is -2.30. The molecule has 1 atom stereocenters. The highest BCUT2D eigenvalue weighted by Crippen LogP contribution is 2.29. The molecule has 0 bridgehead atoms. The summed E-state index contributed by atoms with van der Waals surface area (Å²) in [5.74, 6) is 0.104. The molecule has 0 radical (unpaired) electrons. The number of anilines is 1. The molecule has 2 aromatic heterocycles. The van der Waals surface area contributed by atoms with E-state index in [9.17, 15) is 14.7 Å². The van der Waals surface area contributed by atoms with Crippen LogP contribution in [0, 0.1) is 5.92 Å². The van der Waals surface area contributed by atoms with E-state index in [0.29, 0.717) is 17.3 Å². The number of carbonyl (C=O) groups excluding carboxylic acids is 1. The Bertz CT molecular complexity index is 942. The van der Waals surface area contributed by atoms with Crippen molar-refractivity contribution in [1.82, 2.24) is 14.7 Å². The Morgan fingerprint density at radius 1 is 1.12 bits per heavy atom. The van der Waals surface area contributed by atoms with E-state index >= 15 is 0 Å². The third kappa shape index (κ3) is 5.08. The van der Waals surface area contributed by atoms with E-state index in [0.717, 1.165) is 56.5 Å². The van der Waals surface area contributed by atoms with Gasteiger partial charge in [0.15, 0.2) is 5.65 Å². The summed E-state index contributed by atoms with van der Waals surface area (Å²) < 4.78 is 2.00. The highest BCUT2D eigenvalue weighted by Gasteiger charge is 2.28. The molecule has 0 spiro atoms. The zero-order valence-electron chi connectivity index (χ0n) is 19.1. The number of rotatable bonds is 8. The summed E-state index contributed by atoms with van der Waals surface area (Å²) in [5, 5.41) is 16.2. The predicted octanol–water partition coefficient (Wildman–Crippen LogP) is 4.79. The minimum atomic E-state index is -0.868. The Balaban J connectivity index is 1.59. The van der Waals surface area contributed by atoms with Crippen molar-refractivity contribution in [1.29, 1.82) is 0 Å². The summed E-state index contributed by atoms with van der Waals surface area (Å²) in [6.07, 6.45) is 14.1. The summed E-state index contributed by atoms with van der Waals surface area (Å²) in [6, 6.07) is 3.76. The molecular weight excluding hydrogens is 404 g/mol. The average Bonchev–Trinajstić information content (AvgIpc) is 3.17. The molecule has 7 nitrogen and oxygen atoms in total. The Morgan fingerprint density at radius 3 is 2.47 bits per heavy atom. The molecule has 2 saturated carbocycles. The molecular formula is C25H36N4O3. The van der Waals surface area contributed by atoms with E-state index in [-0.39, 0.29) is 24.3 Å². The van der Waals surface area contributed by atoms with Crippen LogP contribution < -0.4 is 10.6 Å². The van der Waals surface area contributed by atoms with Gasteiger partial charge in [-0.1, -0.05) is 45.4 Å². The number of carboxylic acids is 1. The van der Waals surface area contributed by atoms with Crippen molar-refractivity contribution < 1.29 is 14.7 Å². The van der Waals surface area contributed by atoms with Crippen LogP contribution in [0.3, 0.4) is 0 Å². The van der Waals surface area contributed by atoms with Crippen LogP contribution in [0.5, 0.6) is 0 Å². The number of hydrogen-bond donors (Lipinski definition) is 3. The Morgan fingerprint density at radius 2 is 1.81 bits per heavy atom. The van der Waals surface area contributed by atoms with E-state index in [1.807, 2.05) is 16.7 Å². The Kier molecular flexibility index (Phi) is 7.33. The van der Waals surface area contributed by atoms with E-state index < -0.39 is 5.97 Å². The first-order chi connectivity index (χ1) is 15.6. The second-order valence-corrected chi connectivity index (χ2v) is 9.43. The molecule has 0 aromatic carbocycles. The van der Waals surface area contributed by atoms with Crippen molar-refractivity contribution in [2.45, 2.75) is 96.1 Å². The third-order valence-electron chi connectivity index (χ3n) is 7.18. The topological polar surface area (TPSA) is 95.7 Å². The Hall–Kier alpha value is -2.57. The summed E-state index contributed by atoms with van der Waals surface area (Å²) >= 11 is 0. The van der Waals surface area contributed by atoms with Crippen molar-refractivity contribution in [2.24, 2.45) is 5.92 Å². The third-order valence-corrected chi connectivity index (χ3v) is 7.18. The molecule has 2 heterocycles. The van der Waals surface area contributed by atoms with Crippen LogP contribution in [0.1, 0.15) is 93.6 Å². The number of amides is 1. The van der Waals surface area contributed by atoms with Gasteiger partial charge in [0.05, 0.1) is 17.7 Å². The number of aliphatic carboxylic acids is 1. The zero-order chi connectivity index (χ0) is 22.5. The summed E-state index contributed by atoms with van der Waals surface area (Å²) in [6.45, 7) is 2.08. The maximum atomic E-state index is 13.3. The van der Waals surface area contributed by atoms with Gasteiger partial charge in [-0.3, -0.25) is 14.0 Å². The SMILES string of the molecule is CCc1nc2c(C(=O)NC(CC(=O)O)C3CCCCC3)cccn2c1NC1CCCCC1. The number of carbonyl (C=O) groups is 2. The van der Waals surface area contributed by atoms with E-state index in [1.165, 1.54) is 25.7 Å². The van der Waals surface area contributed by atoms with Crippen molar-refractivity contribution in [3.8, 4) is 0 Å². The van der Waals surface area contributed by atoms with Crippen LogP contribution in [0.4, 0.5) is 5.82 Å². The number of fused-ring (bicyclic) bond motifs is 1. The molecule has 2 aromatic rings. The predicted molar refractivity (Wildman–Crippen MR) is 125 cm³/mol. The quantitative estimate of drug-likeness (QED) is 0.548. The zero-order valence-corrected chi connectivity index (χ0v) is 19.1. The van der Waals surface area contributed by atoms with Gasteiger partial charge >= 0.3 is 5.97 Å². The highest BCUT2D eigenvalue weighted by molar-refractivity contribution is 6.00. The van der Waals surface area contributed by atoms with Gasteiger partial charge in [-0.2, -0.15) is 0 Å². The van der Waals surface area contributed by atoms with E-state index in [4.69, 9.17) is 4.98 Å². The molecule has 3 N–H and O–H groups in total. The fourth-order valence-electron chi connectivity index (χ4n) is 5.44. The largest absolute Gasteiger partial charge is 0.481 e. The maximum absolute atomic E-state index is 13.3. The monoisotopic (exact) mass is 440 g/mol. The number of carboxylic acid groups (broad SMARTS) is 1. The molecule has 2 fully saturated rings. The summed E-state index contributed by atoms with van der Waals surface area (Å²) in [7, 11) is 0. The van der Waals surface area contributed by atoms with Crippen LogP contribution in [-0.4, -0.2) is 38.5 Å². The lowest BCUT2D eigenvalue weighted by atomic mass is 9.82. The van der Waals surface area contributed by atoms with Crippen LogP contribution in [0.15, 0.2) is 18.3 Å². The average molecular weight is 441 g/mol. The molecule has 174 valence electrons. The van der Waals surface area contributed by atoms with Crippen molar-refractivity contribution in [3.05, 3.63) is 29.6 Å². The number of nitrogens with one attached hydrogen (secondary N) is 2. The fraction of sp³-hybridized carbons (Fsp3) is 0.640. The molecule has 0 saturated heterocycles. The summed E-state index contributed by atoms with van der Waals surface area (Å²) in [4.78, 5) is 29.6. The second kappa shape index (κ2) is 10.4. The molecule has 32 heavy (non-hydrogen) atoms. The minimum absolute atomic E-state index is 0.0390. The van der Waals surface area contributed by atoms with Crippen LogP contribution in [-0.2, 0) is 11.2 Å². The molecule has 1 amide bonds. The number of nitrogens with zero attached hydrogens (tertiary/aromatic N) is 2. The van der Waals surface area contributed by atoms with Gasteiger partial charge < -0.3 is 15.7 Å². The van der Waals surface area contributed by atoms with Crippen LogP contribution >= 0.6 is 0 Å². The molecule has 2 aliphatic rings. The first kappa shape index (κ1) is 22.6. The molecule has 0 aliphatic heterocycles. The first-order valence-electron chi connectivity index (χ1n) is 12.4. The number of pyridine rings is 1. The highest BCUT2D eigenvalue weighted by atomic mass is 16.4. The van der Waals surface area contributed by atoms with Crippen LogP contribution in [0.25, 0.3) is 5.65 Å². The molecule has 7 heteroatoms. The lowest BCUT2D eigenvalue weighted by Crippen LogP contribution is -2.42. The lowest BCUT2D eigenvalue weighted by molar-refractivity contribution is -0.137. The fourth-order valence-corrected chi connectivity index (χ4v) is 5.44. The second-order valence-electron chi connectivity index (χ2n) is 9.43.